The van der Waals surface area contributed by atoms with Gasteiger partial charge in [0.2, 0.25) is 5.91 Å². The van der Waals surface area contributed by atoms with Crippen LogP contribution in [0.15, 0.2) is 36.7 Å². The average molecular weight is 413 g/mol. The molecule has 7 nitrogen and oxygen atoms in total. The quantitative estimate of drug-likeness (QED) is 0.798. The molecular formula is C23H32N4O3. The van der Waals surface area contributed by atoms with E-state index >= 15 is 0 Å². The molecule has 0 spiro atoms. The highest BCUT2D eigenvalue weighted by Gasteiger charge is 2.27. The summed E-state index contributed by atoms with van der Waals surface area (Å²) in [7, 11) is 0. The Morgan fingerprint density at radius 1 is 1.17 bits per heavy atom. The first kappa shape index (κ1) is 21.9. The van der Waals surface area contributed by atoms with Crippen LogP contribution in [0.25, 0.3) is 0 Å². The van der Waals surface area contributed by atoms with Gasteiger partial charge in [0.05, 0.1) is 0 Å². The van der Waals surface area contributed by atoms with Crippen molar-refractivity contribution >= 4 is 17.7 Å². The Balaban J connectivity index is 1.43. The third kappa shape index (κ3) is 6.34. The van der Waals surface area contributed by atoms with Gasteiger partial charge in [-0.25, -0.2) is 9.78 Å². The number of aryl methyl sites for hydroxylation is 1. The van der Waals surface area contributed by atoms with Crippen molar-refractivity contribution in [3.63, 3.8) is 0 Å². The molecule has 1 aliphatic heterocycles. The van der Waals surface area contributed by atoms with Crippen molar-refractivity contribution in [2.75, 3.05) is 18.4 Å². The molecule has 162 valence electrons. The number of carbonyl (C=O) groups excluding carboxylic acids is 2. The van der Waals surface area contributed by atoms with E-state index in [2.05, 4.69) is 14.9 Å². The van der Waals surface area contributed by atoms with Crippen LogP contribution in [-0.4, -0.2) is 45.1 Å². The fourth-order valence-electron chi connectivity index (χ4n) is 3.58. The number of imidazole rings is 1. The predicted octanol–water partition coefficient (Wildman–Crippen LogP) is 4.22. The molecule has 0 radical (unpaired) electrons. The van der Waals surface area contributed by atoms with Gasteiger partial charge < -0.3 is 19.5 Å². The molecule has 1 aromatic heterocycles. The minimum absolute atomic E-state index is 0.0175. The number of piperidine rings is 1. The molecule has 0 bridgehead atoms. The molecule has 1 aliphatic rings. The van der Waals surface area contributed by atoms with Gasteiger partial charge in [-0.05, 0) is 64.2 Å². The van der Waals surface area contributed by atoms with Crippen LogP contribution in [-0.2, 0) is 16.1 Å². The van der Waals surface area contributed by atoms with Gasteiger partial charge in [0.15, 0.2) is 0 Å². The van der Waals surface area contributed by atoms with E-state index in [1.165, 1.54) is 0 Å². The molecule has 7 heteroatoms. The number of carbonyl (C=O) groups is 2. The lowest BCUT2D eigenvalue weighted by Crippen LogP contribution is -2.42. The van der Waals surface area contributed by atoms with Crippen molar-refractivity contribution in [1.82, 2.24) is 14.5 Å². The van der Waals surface area contributed by atoms with Crippen LogP contribution in [0.4, 0.5) is 10.5 Å². The maximum absolute atomic E-state index is 12.4. The zero-order chi connectivity index (χ0) is 21.7. The zero-order valence-electron chi connectivity index (χ0n) is 18.4. The lowest BCUT2D eigenvalue weighted by atomic mass is 9.93. The largest absolute Gasteiger partial charge is 0.444 e. The number of rotatable bonds is 5. The molecule has 2 heterocycles. The van der Waals surface area contributed by atoms with Crippen molar-refractivity contribution in [3.8, 4) is 0 Å². The van der Waals surface area contributed by atoms with E-state index in [0.29, 0.717) is 19.5 Å². The molecule has 2 aromatic rings. The number of likely N-dealkylation sites (tertiary alicyclic amines) is 1. The summed E-state index contributed by atoms with van der Waals surface area (Å²) in [6.07, 6.45) is 5.58. The summed E-state index contributed by atoms with van der Waals surface area (Å²) in [5.74, 6) is 1.28. The summed E-state index contributed by atoms with van der Waals surface area (Å²) < 4.78 is 7.50. The van der Waals surface area contributed by atoms with Crippen LogP contribution in [0.1, 0.15) is 51.4 Å². The summed E-state index contributed by atoms with van der Waals surface area (Å²) in [4.78, 5) is 30.6. The Kier molecular flexibility index (Phi) is 6.80. The Morgan fingerprint density at radius 3 is 2.40 bits per heavy atom. The summed E-state index contributed by atoms with van der Waals surface area (Å²) in [6, 6.07) is 7.91. The molecule has 30 heavy (non-hydrogen) atoms. The third-order valence-electron chi connectivity index (χ3n) is 5.25. The van der Waals surface area contributed by atoms with Crippen LogP contribution in [0, 0.1) is 12.8 Å². The Bertz CT molecular complexity index is 859. The van der Waals surface area contributed by atoms with Gasteiger partial charge in [-0.2, -0.15) is 0 Å². The predicted molar refractivity (Wildman–Crippen MR) is 116 cm³/mol. The Labute approximate surface area is 178 Å². The van der Waals surface area contributed by atoms with Gasteiger partial charge in [0.1, 0.15) is 11.4 Å². The fraction of sp³-hybridized carbons (Fsp3) is 0.522. The molecule has 1 saturated heterocycles. The molecule has 3 rings (SSSR count). The fourth-order valence-corrected chi connectivity index (χ4v) is 3.58. The zero-order valence-corrected chi connectivity index (χ0v) is 18.4. The molecular weight excluding hydrogens is 380 g/mol. The topological polar surface area (TPSA) is 76.5 Å². The first-order valence-electron chi connectivity index (χ1n) is 10.5. The van der Waals surface area contributed by atoms with E-state index < -0.39 is 5.60 Å². The number of amides is 2. The lowest BCUT2D eigenvalue weighted by Gasteiger charge is -2.33. The summed E-state index contributed by atoms with van der Waals surface area (Å²) in [6.45, 7) is 9.61. The minimum Gasteiger partial charge on any atom is -0.444 e. The number of ether oxygens (including phenoxy) is 1. The Morgan fingerprint density at radius 2 is 1.83 bits per heavy atom. The van der Waals surface area contributed by atoms with Gasteiger partial charge >= 0.3 is 6.09 Å². The SMILES string of the molecule is Cc1nccn1Cc1ccc(NC(=O)CC2CCN(C(=O)OC(C)(C)C)CC2)cc1. The molecule has 0 aliphatic carbocycles. The number of nitrogens with one attached hydrogen (secondary N) is 1. The number of nitrogens with zero attached hydrogens (tertiary/aromatic N) is 3. The second-order valence-electron chi connectivity index (χ2n) is 8.96. The average Bonchev–Trinajstić information content (AvgIpc) is 3.07. The summed E-state index contributed by atoms with van der Waals surface area (Å²) in [5.41, 5.74) is 1.47. The molecule has 1 aromatic carbocycles. The normalized spacial score (nSPS) is 15.1. The minimum atomic E-state index is -0.485. The van der Waals surface area contributed by atoms with Gasteiger partial charge in [0, 0.05) is 44.1 Å². The van der Waals surface area contributed by atoms with E-state index in [1.807, 2.05) is 58.2 Å². The standard InChI is InChI=1S/C23H32N4O3/c1-17-24-11-14-27(17)16-19-5-7-20(8-6-19)25-21(28)15-18-9-12-26(13-10-18)22(29)30-23(2,3)4/h5-8,11,14,18H,9-10,12-13,15-16H2,1-4H3,(H,25,28). The second-order valence-corrected chi connectivity index (χ2v) is 8.96. The second kappa shape index (κ2) is 9.32. The highest BCUT2D eigenvalue weighted by Crippen LogP contribution is 2.23. The van der Waals surface area contributed by atoms with E-state index in [0.717, 1.165) is 36.5 Å². The van der Waals surface area contributed by atoms with Crippen molar-refractivity contribution in [2.45, 2.75) is 59.1 Å². The maximum Gasteiger partial charge on any atom is 0.410 e. The first-order chi connectivity index (χ1) is 14.2. The molecule has 1 fully saturated rings. The first-order valence-corrected chi connectivity index (χ1v) is 10.5. The molecule has 2 amide bonds. The summed E-state index contributed by atoms with van der Waals surface area (Å²) >= 11 is 0. The maximum atomic E-state index is 12.4. The van der Waals surface area contributed by atoms with E-state index in [-0.39, 0.29) is 17.9 Å². The number of aromatic nitrogens is 2. The van der Waals surface area contributed by atoms with Gasteiger partial charge in [-0.3, -0.25) is 4.79 Å². The highest BCUT2D eigenvalue weighted by molar-refractivity contribution is 5.90. The molecule has 0 saturated carbocycles. The summed E-state index contributed by atoms with van der Waals surface area (Å²) in [5, 5.41) is 2.99. The molecule has 0 atom stereocenters. The van der Waals surface area contributed by atoms with Crippen molar-refractivity contribution < 1.29 is 14.3 Å². The number of hydrogen-bond acceptors (Lipinski definition) is 4. The molecule has 1 N–H and O–H groups in total. The van der Waals surface area contributed by atoms with Crippen molar-refractivity contribution in [2.24, 2.45) is 5.92 Å². The van der Waals surface area contributed by atoms with E-state index in [1.54, 1.807) is 11.1 Å². The third-order valence-corrected chi connectivity index (χ3v) is 5.25. The Hall–Kier alpha value is -2.83. The number of anilines is 1. The van der Waals surface area contributed by atoms with Gasteiger partial charge in [0.25, 0.3) is 0 Å². The smallest absolute Gasteiger partial charge is 0.410 e. The van der Waals surface area contributed by atoms with Crippen molar-refractivity contribution in [3.05, 3.63) is 48.0 Å². The lowest BCUT2D eigenvalue weighted by molar-refractivity contribution is -0.117. The number of benzene rings is 1. The van der Waals surface area contributed by atoms with Gasteiger partial charge in [-0.15, -0.1) is 0 Å². The van der Waals surface area contributed by atoms with Crippen LogP contribution in [0.3, 0.4) is 0 Å². The van der Waals surface area contributed by atoms with Crippen molar-refractivity contribution in [1.29, 1.82) is 0 Å². The van der Waals surface area contributed by atoms with E-state index in [9.17, 15) is 9.59 Å². The van der Waals surface area contributed by atoms with Crippen LogP contribution >= 0.6 is 0 Å². The van der Waals surface area contributed by atoms with Crippen LogP contribution < -0.4 is 5.32 Å². The molecule has 0 unspecified atom stereocenters. The monoisotopic (exact) mass is 412 g/mol. The van der Waals surface area contributed by atoms with Gasteiger partial charge in [-0.1, -0.05) is 12.1 Å². The van der Waals surface area contributed by atoms with Crippen LogP contribution in [0.2, 0.25) is 0 Å². The van der Waals surface area contributed by atoms with Crippen LogP contribution in [0.5, 0.6) is 0 Å². The number of hydrogen-bond donors (Lipinski definition) is 1. The van der Waals surface area contributed by atoms with E-state index in [4.69, 9.17) is 4.74 Å². The highest BCUT2D eigenvalue weighted by atomic mass is 16.6.